The lowest BCUT2D eigenvalue weighted by Crippen LogP contribution is -2.23. The molecule has 0 radical (unpaired) electrons. The van der Waals surface area contributed by atoms with Crippen molar-refractivity contribution in [3.63, 3.8) is 0 Å². The number of nitrogens with two attached hydrogens (primary N) is 1. The summed E-state index contributed by atoms with van der Waals surface area (Å²) < 4.78 is 4.84. The molecule has 0 fully saturated rings. The number of nitrogens with zero attached hydrogens (tertiary/aromatic N) is 4. The van der Waals surface area contributed by atoms with Crippen molar-refractivity contribution < 1.29 is 9.32 Å². The van der Waals surface area contributed by atoms with Gasteiger partial charge in [0.15, 0.2) is 11.0 Å². The highest BCUT2D eigenvalue weighted by Crippen LogP contribution is 2.27. The molecular formula is C12H18N6O2S. The molecule has 0 aliphatic rings. The van der Waals surface area contributed by atoms with Crippen LogP contribution in [-0.2, 0) is 6.54 Å². The van der Waals surface area contributed by atoms with Gasteiger partial charge in [0, 0.05) is 20.5 Å². The van der Waals surface area contributed by atoms with Crippen molar-refractivity contribution in [1.82, 2.24) is 20.4 Å². The Bertz CT molecular complexity index is 623. The maximum atomic E-state index is 12.1. The molecule has 0 saturated carbocycles. The SMILES string of the molecule is CCCN(C)c1nc(N)c(C(=O)NCc2noc(C)n2)s1. The van der Waals surface area contributed by atoms with Gasteiger partial charge >= 0.3 is 0 Å². The topological polar surface area (TPSA) is 110 Å². The zero-order valence-corrected chi connectivity index (χ0v) is 13.0. The minimum atomic E-state index is -0.288. The van der Waals surface area contributed by atoms with Gasteiger partial charge in [0.1, 0.15) is 10.7 Å². The third-order valence-corrected chi connectivity index (χ3v) is 3.89. The molecule has 2 aromatic heterocycles. The molecule has 0 aromatic carbocycles. The minimum Gasteiger partial charge on any atom is -0.382 e. The summed E-state index contributed by atoms with van der Waals surface area (Å²) in [6.45, 7) is 4.81. The molecular weight excluding hydrogens is 292 g/mol. The smallest absolute Gasteiger partial charge is 0.265 e. The molecule has 0 bridgehead atoms. The molecule has 8 nitrogen and oxygen atoms in total. The summed E-state index contributed by atoms with van der Waals surface area (Å²) >= 11 is 1.27. The van der Waals surface area contributed by atoms with E-state index < -0.39 is 0 Å². The number of rotatable bonds is 6. The van der Waals surface area contributed by atoms with Crippen LogP contribution in [0.5, 0.6) is 0 Å². The van der Waals surface area contributed by atoms with Crippen LogP contribution in [0.3, 0.4) is 0 Å². The van der Waals surface area contributed by atoms with Gasteiger partial charge in [0.25, 0.3) is 5.91 Å². The van der Waals surface area contributed by atoms with Crippen molar-refractivity contribution in [2.24, 2.45) is 0 Å². The van der Waals surface area contributed by atoms with E-state index in [9.17, 15) is 4.79 Å². The maximum absolute atomic E-state index is 12.1. The zero-order chi connectivity index (χ0) is 15.4. The first-order valence-electron chi connectivity index (χ1n) is 6.56. The van der Waals surface area contributed by atoms with Gasteiger partial charge in [-0.3, -0.25) is 4.79 Å². The summed E-state index contributed by atoms with van der Waals surface area (Å²) in [5.74, 6) is 0.829. The molecule has 9 heteroatoms. The molecule has 0 aliphatic heterocycles. The van der Waals surface area contributed by atoms with Crippen LogP contribution in [-0.4, -0.2) is 34.6 Å². The van der Waals surface area contributed by atoms with Gasteiger partial charge in [-0.25, -0.2) is 4.98 Å². The van der Waals surface area contributed by atoms with Crippen molar-refractivity contribution in [3.05, 3.63) is 16.6 Å². The Morgan fingerprint density at radius 1 is 1.48 bits per heavy atom. The van der Waals surface area contributed by atoms with Crippen molar-refractivity contribution in [1.29, 1.82) is 0 Å². The van der Waals surface area contributed by atoms with Gasteiger partial charge in [-0.05, 0) is 6.42 Å². The molecule has 0 aliphatic carbocycles. The second-order valence-electron chi connectivity index (χ2n) is 4.54. The molecule has 0 unspecified atom stereocenters. The van der Waals surface area contributed by atoms with Crippen LogP contribution >= 0.6 is 11.3 Å². The molecule has 1 amide bonds. The van der Waals surface area contributed by atoms with Crippen molar-refractivity contribution >= 4 is 28.2 Å². The van der Waals surface area contributed by atoms with E-state index in [0.29, 0.717) is 16.6 Å². The molecule has 21 heavy (non-hydrogen) atoms. The van der Waals surface area contributed by atoms with Gasteiger partial charge in [-0.1, -0.05) is 23.4 Å². The fourth-order valence-electron chi connectivity index (χ4n) is 1.73. The molecule has 0 spiro atoms. The van der Waals surface area contributed by atoms with E-state index in [0.717, 1.165) is 18.1 Å². The monoisotopic (exact) mass is 310 g/mol. The Balaban J connectivity index is 2.02. The first kappa shape index (κ1) is 15.2. The average Bonchev–Trinajstić information content (AvgIpc) is 3.02. The highest BCUT2D eigenvalue weighted by atomic mass is 32.1. The number of thiazole rings is 1. The highest BCUT2D eigenvalue weighted by molar-refractivity contribution is 7.18. The Morgan fingerprint density at radius 2 is 2.24 bits per heavy atom. The number of hydrogen-bond acceptors (Lipinski definition) is 8. The van der Waals surface area contributed by atoms with Crippen LogP contribution in [0.25, 0.3) is 0 Å². The highest BCUT2D eigenvalue weighted by Gasteiger charge is 2.18. The lowest BCUT2D eigenvalue weighted by atomic mass is 10.4. The van der Waals surface area contributed by atoms with Crippen LogP contribution in [0, 0.1) is 6.92 Å². The summed E-state index contributed by atoms with van der Waals surface area (Å²) in [4.78, 5) is 22.7. The predicted octanol–water partition coefficient (Wildman–Crippen LogP) is 1.19. The zero-order valence-electron chi connectivity index (χ0n) is 12.2. The van der Waals surface area contributed by atoms with Gasteiger partial charge in [0.05, 0.1) is 6.54 Å². The number of anilines is 2. The fraction of sp³-hybridized carbons (Fsp3) is 0.500. The third kappa shape index (κ3) is 3.69. The van der Waals surface area contributed by atoms with Crippen molar-refractivity contribution in [2.75, 3.05) is 24.2 Å². The van der Waals surface area contributed by atoms with Gasteiger partial charge in [-0.15, -0.1) is 0 Å². The fourth-order valence-corrected chi connectivity index (χ4v) is 2.62. The molecule has 0 atom stereocenters. The number of amides is 1. The van der Waals surface area contributed by atoms with Crippen molar-refractivity contribution in [3.8, 4) is 0 Å². The summed E-state index contributed by atoms with van der Waals surface area (Å²) in [6, 6.07) is 0. The van der Waals surface area contributed by atoms with E-state index in [1.165, 1.54) is 11.3 Å². The number of carbonyl (C=O) groups excluding carboxylic acids is 1. The summed E-state index contributed by atoms with van der Waals surface area (Å²) in [6.07, 6.45) is 0.995. The molecule has 2 rings (SSSR count). The molecule has 2 aromatic rings. The Labute approximate surface area is 126 Å². The molecule has 114 valence electrons. The van der Waals surface area contributed by atoms with E-state index in [1.54, 1.807) is 6.92 Å². The second-order valence-corrected chi connectivity index (χ2v) is 5.52. The van der Waals surface area contributed by atoms with Crippen LogP contribution in [0.1, 0.15) is 34.7 Å². The Kier molecular flexibility index (Phi) is 4.73. The lowest BCUT2D eigenvalue weighted by molar-refractivity contribution is 0.0954. The molecule has 2 heterocycles. The molecule has 0 saturated heterocycles. The van der Waals surface area contributed by atoms with Gasteiger partial charge < -0.3 is 20.5 Å². The summed E-state index contributed by atoms with van der Waals surface area (Å²) in [7, 11) is 1.92. The average molecular weight is 310 g/mol. The predicted molar refractivity (Wildman–Crippen MR) is 80.3 cm³/mol. The van der Waals surface area contributed by atoms with Gasteiger partial charge in [-0.2, -0.15) is 4.98 Å². The van der Waals surface area contributed by atoms with E-state index in [1.807, 2.05) is 11.9 Å². The van der Waals surface area contributed by atoms with E-state index in [4.69, 9.17) is 10.3 Å². The summed E-state index contributed by atoms with van der Waals surface area (Å²) in [5, 5.41) is 7.14. The Hall–Kier alpha value is -2.16. The van der Waals surface area contributed by atoms with E-state index >= 15 is 0 Å². The normalized spacial score (nSPS) is 10.6. The van der Waals surface area contributed by atoms with Crippen LogP contribution in [0.15, 0.2) is 4.52 Å². The third-order valence-electron chi connectivity index (χ3n) is 2.71. The number of aryl methyl sites for hydroxylation is 1. The first-order chi connectivity index (χ1) is 10.0. The first-order valence-corrected chi connectivity index (χ1v) is 7.37. The quantitative estimate of drug-likeness (QED) is 0.824. The van der Waals surface area contributed by atoms with E-state index in [2.05, 4.69) is 27.4 Å². The Morgan fingerprint density at radius 3 is 2.86 bits per heavy atom. The standard InChI is InChI=1S/C12H18N6O2S/c1-4-5-18(3)12-16-10(13)9(21-12)11(19)14-6-8-15-7(2)20-17-8/h4-6,13H2,1-3H3,(H,14,19). The van der Waals surface area contributed by atoms with Crippen LogP contribution < -0.4 is 16.0 Å². The van der Waals surface area contributed by atoms with Gasteiger partial charge in [0.2, 0.25) is 5.89 Å². The number of carbonyl (C=O) groups is 1. The second kappa shape index (κ2) is 6.53. The van der Waals surface area contributed by atoms with E-state index in [-0.39, 0.29) is 18.3 Å². The van der Waals surface area contributed by atoms with Crippen molar-refractivity contribution in [2.45, 2.75) is 26.8 Å². The van der Waals surface area contributed by atoms with Crippen LogP contribution in [0.2, 0.25) is 0 Å². The number of aromatic nitrogens is 3. The number of hydrogen-bond donors (Lipinski definition) is 2. The van der Waals surface area contributed by atoms with Crippen LogP contribution in [0.4, 0.5) is 10.9 Å². The lowest BCUT2D eigenvalue weighted by Gasteiger charge is -2.13. The molecule has 3 N–H and O–H groups in total. The minimum absolute atomic E-state index is 0.188. The summed E-state index contributed by atoms with van der Waals surface area (Å²) in [5.41, 5.74) is 5.81. The number of nitrogens with one attached hydrogen (secondary N) is 1. The maximum Gasteiger partial charge on any atom is 0.265 e. The largest absolute Gasteiger partial charge is 0.382 e. The number of nitrogen functional groups attached to an aromatic ring is 1.